The highest BCUT2D eigenvalue weighted by Crippen LogP contribution is 2.36. The first-order valence-corrected chi connectivity index (χ1v) is 7.48. The second-order valence-electron chi connectivity index (χ2n) is 6.38. The lowest BCUT2D eigenvalue weighted by Gasteiger charge is -2.39. The quantitative estimate of drug-likeness (QED) is 0.764. The van der Waals surface area contributed by atoms with Crippen molar-refractivity contribution in [2.75, 3.05) is 0 Å². The second-order valence-corrected chi connectivity index (χ2v) is 6.38. The summed E-state index contributed by atoms with van der Waals surface area (Å²) < 4.78 is 0. The van der Waals surface area contributed by atoms with E-state index in [9.17, 15) is 0 Å². The highest BCUT2D eigenvalue weighted by molar-refractivity contribution is 6.16. The van der Waals surface area contributed by atoms with Crippen molar-refractivity contribution in [2.24, 2.45) is 11.8 Å². The number of nitrogens with zero attached hydrogens (tertiary/aromatic N) is 1. The van der Waals surface area contributed by atoms with E-state index in [-0.39, 0.29) is 5.31 Å². The first kappa shape index (κ1) is 14.8. The molecule has 1 aromatic heterocycles. The van der Waals surface area contributed by atoms with Crippen LogP contribution in [0.5, 0.6) is 0 Å². The number of hydrogen-bond donors (Lipinski definition) is 0. The van der Waals surface area contributed by atoms with Gasteiger partial charge in [0.1, 0.15) is 7.85 Å². The van der Waals surface area contributed by atoms with Crippen LogP contribution >= 0.6 is 0 Å². The average molecular weight is 265 g/mol. The molecule has 2 heteroatoms. The lowest BCUT2D eigenvalue weighted by Crippen LogP contribution is -2.38. The molecule has 0 aliphatic heterocycles. The summed E-state index contributed by atoms with van der Waals surface area (Å²) in [5.41, 5.74) is 3.64. The van der Waals surface area contributed by atoms with Gasteiger partial charge in [-0.3, -0.25) is 4.98 Å². The number of benzene rings is 1. The van der Waals surface area contributed by atoms with Crippen LogP contribution in [-0.2, 0) is 5.31 Å². The molecule has 0 saturated heterocycles. The second kappa shape index (κ2) is 5.82. The van der Waals surface area contributed by atoms with E-state index in [1.54, 1.807) is 0 Å². The van der Waals surface area contributed by atoms with Crippen molar-refractivity contribution in [2.45, 2.75) is 33.0 Å². The van der Waals surface area contributed by atoms with E-state index in [0.29, 0.717) is 11.8 Å². The first-order chi connectivity index (χ1) is 9.46. The van der Waals surface area contributed by atoms with Crippen LogP contribution in [0, 0.1) is 11.8 Å². The zero-order chi connectivity index (χ0) is 14.8. The summed E-state index contributed by atoms with van der Waals surface area (Å²) in [6, 6.07) is 15.0. The molecule has 0 fully saturated rings. The largest absolute Gasteiger partial charge is 0.256 e. The standard InChI is InChI=1S/C18H24BN/c1-13(2)18(19,14(3)4)16-10-8-15(9-11-16)17-7-5-6-12-20-17/h5-14H,19H2,1-4H3. The third kappa shape index (κ3) is 2.65. The minimum absolute atomic E-state index is 0.211. The molecule has 104 valence electrons. The molecule has 0 aliphatic carbocycles. The summed E-state index contributed by atoms with van der Waals surface area (Å²) >= 11 is 0. The summed E-state index contributed by atoms with van der Waals surface area (Å²) in [4.78, 5) is 4.41. The predicted octanol–water partition coefficient (Wildman–Crippen LogP) is 3.89. The summed E-state index contributed by atoms with van der Waals surface area (Å²) in [7, 11) is 2.37. The van der Waals surface area contributed by atoms with Crippen LogP contribution in [0.15, 0.2) is 48.7 Å². The molecule has 2 rings (SSSR count). The van der Waals surface area contributed by atoms with Crippen LogP contribution in [0.4, 0.5) is 0 Å². The molecule has 2 aromatic rings. The molecule has 1 aromatic carbocycles. The van der Waals surface area contributed by atoms with Crippen molar-refractivity contribution < 1.29 is 0 Å². The summed E-state index contributed by atoms with van der Waals surface area (Å²) in [6.07, 6.45) is 1.84. The number of rotatable bonds is 4. The van der Waals surface area contributed by atoms with Crippen LogP contribution < -0.4 is 0 Å². The van der Waals surface area contributed by atoms with E-state index in [0.717, 1.165) is 5.69 Å². The van der Waals surface area contributed by atoms with Gasteiger partial charge in [-0.25, -0.2) is 0 Å². The Kier molecular flexibility index (Phi) is 4.32. The van der Waals surface area contributed by atoms with Gasteiger partial charge < -0.3 is 0 Å². The minimum Gasteiger partial charge on any atom is -0.256 e. The molecule has 0 aliphatic rings. The number of aromatic nitrogens is 1. The molecule has 0 atom stereocenters. The van der Waals surface area contributed by atoms with Crippen LogP contribution in [0.25, 0.3) is 11.3 Å². The maximum atomic E-state index is 4.41. The van der Waals surface area contributed by atoms with Gasteiger partial charge in [-0.15, -0.1) is 0 Å². The van der Waals surface area contributed by atoms with Crippen LogP contribution in [0.2, 0.25) is 0 Å². The molecule has 0 radical (unpaired) electrons. The molecule has 1 heterocycles. The van der Waals surface area contributed by atoms with Gasteiger partial charge in [0, 0.05) is 11.8 Å². The van der Waals surface area contributed by atoms with Crippen molar-refractivity contribution >= 4 is 7.85 Å². The molecule has 0 N–H and O–H groups in total. The Hall–Kier alpha value is -1.57. The lowest BCUT2D eigenvalue weighted by molar-refractivity contribution is 0.331. The summed E-state index contributed by atoms with van der Waals surface area (Å²) in [5, 5.41) is 0.211. The van der Waals surface area contributed by atoms with E-state index in [2.05, 4.69) is 70.9 Å². The Morgan fingerprint density at radius 3 is 1.95 bits per heavy atom. The Balaban J connectivity index is 2.37. The SMILES string of the molecule is BC(c1ccc(-c2ccccn2)cc1)(C(C)C)C(C)C. The molecule has 20 heavy (non-hydrogen) atoms. The van der Waals surface area contributed by atoms with Crippen molar-refractivity contribution in [3.63, 3.8) is 0 Å². The molecule has 1 nitrogen and oxygen atoms in total. The van der Waals surface area contributed by atoms with Crippen LogP contribution in [-0.4, -0.2) is 12.8 Å². The van der Waals surface area contributed by atoms with E-state index < -0.39 is 0 Å². The predicted molar refractivity (Wildman–Crippen MR) is 89.6 cm³/mol. The van der Waals surface area contributed by atoms with Crippen LogP contribution in [0.3, 0.4) is 0 Å². The normalized spacial score (nSPS) is 12.1. The van der Waals surface area contributed by atoms with Crippen LogP contribution in [0.1, 0.15) is 33.3 Å². The molecule has 0 bridgehead atoms. The smallest absolute Gasteiger partial charge is 0.115 e. The van der Waals surface area contributed by atoms with E-state index in [1.165, 1.54) is 11.1 Å². The zero-order valence-electron chi connectivity index (χ0n) is 13.2. The van der Waals surface area contributed by atoms with Gasteiger partial charge in [-0.1, -0.05) is 58.0 Å². The van der Waals surface area contributed by atoms with E-state index in [1.807, 2.05) is 18.3 Å². The molecular weight excluding hydrogens is 241 g/mol. The topological polar surface area (TPSA) is 12.9 Å². The fraction of sp³-hybridized carbons (Fsp3) is 0.389. The highest BCUT2D eigenvalue weighted by Gasteiger charge is 2.33. The molecule has 0 amide bonds. The minimum atomic E-state index is 0.211. The highest BCUT2D eigenvalue weighted by atomic mass is 14.7. The monoisotopic (exact) mass is 265 g/mol. The molecule has 0 spiro atoms. The Bertz CT molecular complexity index is 535. The van der Waals surface area contributed by atoms with Crippen molar-refractivity contribution in [1.29, 1.82) is 0 Å². The number of pyridine rings is 1. The van der Waals surface area contributed by atoms with Gasteiger partial charge in [0.15, 0.2) is 0 Å². The molecule has 0 unspecified atom stereocenters. The zero-order valence-corrected chi connectivity index (χ0v) is 13.2. The van der Waals surface area contributed by atoms with Gasteiger partial charge in [-0.05, 0) is 34.8 Å². The summed E-state index contributed by atoms with van der Waals surface area (Å²) in [5.74, 6) is 1.23. The average Bonchev–Trinajstić information content (AvgIpc) is 2.47. The van der Waals surface area contributed by atoms with Gasteiger partial charge in [-0.2, -0.15) is 0 Å². The Morgan fingerprint density at radius 1 is 0.900 bits per heavy atom. The maximum absolute atomic E-state index is 4.41. The van der Waals surface area contributed by atoms with Gasteiger partial charge in [0.2, 0.25) is 0 Å². The fourth-order valence-electron chi connectivity index (χ4n) is 2.87. The maximum Gasteiger partial charge on any atom is 0.115 e. The first-order valence-electron chi connectivity index (χ1n) is 7.48. The number of hydrogen-bond acceptors (Lipinski definition) is 1. The van der Waals surface area contributed by atoms with E-state index in [4.69, 9.17) is 0 Å². The van der Waals surface area contributed by atoms with Gasteiger partial charge in [0.25, 0.3) is 0 Å². The van der Waals surface area contributed by atoms with Gasteiger partial charge in [0.05, 0.1) is 5.69 Å². The van der Waals surface area contributed by atoms with E-state index >= 15 is 0 Å². The van der Waals surface area contributed by atoms with Gasteiger partial charge >= 0.3 is 0 Å². The van der Waals surface area contributed by atoms with Crippen molar-refractivity contribution in [1.82, 2.24) is 4.98 Å². The summed E-state index contributed by atoms with van der Waals surface area (Å²) in [6.45, 7) is 9.25. The lowest BCUT2D eigenvalue weighted by atomic mass is 9.52. The fourth-order valence-corrected chi connectivity index (χ4v) is 2.87. The van der Waals surface area contributed by atoms with Crippen molar-refractivity contribution in [3.05, 3.63) is 54.2 Å². The Morgan fingerprint density at radius 2 is 1.50 bits per heavy atom. The molecule has 0 saturated carbocycles. The molecular formula is C18H24BN. The third-order valence-corrected chi connectivity index (χ3v) is 4.87. The third-order valence-electron chi connectivity index (χ3n) is 4.87. The Labute approximate surface area is 123 Å². The van der Waals surface area contributed by atoms with Crippen molar-refractivity contribution in [3.8, 4) is 11.3 Å².